The Labute approximate surface area is 159 Å². The Balaban J connectivity index is 1.59. The summed E-state index contributed by atoms with van der Waals surface area (Å²) >= 11 is 0. The quantitative estimate of drug-likeness (QED) is 0.784. The summed E-state index contributed by atoms with van der Waals surface area (Å²) in [5.74, 6) is -0.133. The van der Waals surface area contributed by atoms with Crippen LogP contribution in [0.1, 0.15) is 37.6 Å². The molecule has 1 aromatic heterocycles. The number of fused-ring (bicyclic) bond motifs is 6. The first kappa shape index (κ1) is 16.9. The number of H-pyrrole nitrogens is 1. The smallest absolute Gasteiger partial charge is 0.337 e. The summed E-state index contributed by atoms with van der Waals surface area (Å²) in [6.07, 6.45) is 3.69. The predicted molar refractivity (Wildman–Crippen MR) is 103 cm³/mol. The van der Waals surface area contributed by atoms with Crippen LogP contribution in [0.15, 0.2) is 36.1 Å². The molecule has 4 atom stereocenters. The molecule has 5 rings (SSSR count). The standard InChI is InChI=1S/C22H26N2O3/c1-13-22(2)12-24-9-8-15-14-6-4-5-7-18(14)23-20(15)19(24)10-17(22)16(11-27-13)21(25)26-3/h4-7,11,13,17,19,23H,8-10,12H2,1-3H3/t13-,17?,19?,22?/m1/s1. The molecule has 27 heavy (non-hydrogen) atoms. The van der Waals surface area contributed by atoms with Gasteiger partial charge in [0.05, 0.1) is 25.0 Å². The zero-order valence-corrected chi connectivity index (χ0v) is 16.1. The number of hydrogen-bond donors (Lipinski definition) is 1. The number of carbonyl (C=O) groups is 1. The maximum Gasteiger partial charge on any atom is 0.337 e. The molecule has 1 N–H and O–H groups in total. The Morgan fingerprint density at radius 3 is 3.00 bits per heavy atom. The molecule has 0 bridgehead atoms. The van der Waals surface area contributed by atoms with Gasteiger partial charge in [0.15, 0.2) is 0 Å². The van der Waals surface area contributed by atoms with Gasteiger partial charge in [-0.05, 0) is 31.4 Å². The first-order valence-electron chi connectivity index (χ1n) is 9.80. The molecule has 142 valence electrons. The molecule has 3 aliphatic rings. The molecule has 0 saturated carbocycles. The summed E-state index contributed by atoms with van der Waals surface area (Å²) < 4.78 is 10.9. The third-order valence-electron chi connectivity index (χ3n) is 7.19. The number of para-hydroxylation sites is 1. The molecule has 5 heteroatoms. The first-order valence-corrected chi connectivity index (χ1v) is 9.80. The number of hydrogen-bond acceptors (Lipinski definition) is 4. The van der Waals surface area contributed by atoms with Crippen LogP contribution in [0.4, 0.5) is 0 Å². The van der Waals surface area contributed by atoms with E-state index >= 15 is 0 Å². The van der Waals surface area contributed by atoms with Crippen LogP contribution in [0.3, 0.4) is 0 Å². The number of aromatic amines is 1. The van der Waals surface area contributed by atoms with Crippen LogP contribution >= 0.6 is 0 Å². The summed E-state index contributed by atoms with van der Waals surface area (Å²) in [5, 5.41) is 1.34. The first-order chi connectivity index (χ1) is 13.0. The van der Waals surface area contributed by atoms with Crippen molar-refractivity contribution < 1.29 is 14.3 Å². The van der Waals surface area contributed by atoms with Crippen molar-refractivity contribution in [2.45, 2.75) is 38.8 Å². The second-order valence-electron chi connectivity index (χ2n) is 8.44. The normalized spacial score (nSPS) is 32.7. The number of aromatic nitrogens is 1. The van der Waals surface area contributed by atoms with Gasteiger partial charge >= 0.3 is 5.97 Å². The molecule has 5 nitrogen and oxygen atoms in total. The van der Waals surface area contributed by atoms with Gasteiger partial charge in [0.25, 0.3) is 0 Å². The molecule has 1 aromatic carbocycles. The minimum Gasteiger partial charge on any atom is -0.497 e. The fourth-order valence-corrected chi connectivity index (χ4v) is 5.48. The van der Waals surface area contributed by atoms with Crippen molar-refractivity contribution in [3.8, 4) is 0 Å². The lowest BCUT2D eigenvalue weighted by Crippen LogP contribution is -2.57. The highest BCUT2D eigenvalue weighted by Crippen LogP contribution is 2.53. The number of methoxy groups -OCH3 is 1. The van der Waals surface area contributed by atoms with Gasteiger partial charge in [0.2, 0.25) is 0 Å². The van der Waals surface area contributed by atoms with Crippen molar-refractivity contribution >= 4 is 16.9 Å². The summed E-state index contributed by atoms with van der Waals surface area (Å²) in [6, 6.07) is 8.86. The molecule has 2 aromatic rings. The van der Waals surface area contributed by atoms with Gasteiger partial charge < -0.3 is 14.5 Å². The van der Waals surface area contributed by atoms with Gasteiger partial charge in [-0.1, -0.05) is 25.1 Å². The minimum absolute atomic E-state index is 0.0703. The Kier molecular flexibility index (Phi) is 3.66. The highest BCUT2D eigenvalue weighted by Gasteiger charge is 2.54. The average molecular weight is 366 g/mol. The third-order valence-corrected chi connectivity index (χ3v) is 7.19. The van der Waals surface area contributed by atoms with E-state index in [0.29, 0.717) is 11.6 Å². The van der Waals surface area contributed by atoms with E-state index in [1.807, 2.05) is 0 Å². The number of nitrogens with zero attached hydrogens (tertiary/aromatic N) is 1. The molecule has 0 spiro atoms. The van der Waals surface area contributed by atoms with Crippen molar-refractivity contribution in [2.24, 2.45) is 11.3 Å². The Morgan fingerprint density at radius 2 is 2.19 bits per heavy atom. The highest BCUT2D eigenvalue weighted by atomic mass is 16.5. The van der Waals surface area contributed by atoms with E-state index in [4.69, 9.17) is 9.47 Å². The van der Waals surface area contributed by atoms with Crippen LogP contribution in [0, 0.1) is 11.3 Å². The van der Waals surface area contributed by atoms with Crippen molar-refractivity contribution in [2.75, 3.05) is 20.2 Å². The van der Waals surface area contributed by atoms with Crippen LogP contribution in [0.25, 0.3) is 10.9 Å². The van der Waals surface area contributed by atoms with Gasteiger partial charge in [-0.2, -0.15) is 0 Å². The number of rotatable bonds is 1. The Bertz CT molecular complexity index is 946. The third kappa shape index (κ3) is 2.30. The number of piperidine rings is 1. The lowest BCUT2D eigenvalue weighted by atomic mass is 9.62. The van der Waals surface area contributed by atoms with Crippen LogP contribution in [-0.2, 0) is 20.7 Å². The summed E-state index contributed by atoms with van der Waals surface area (Å²) in [4.78, 5) is 18.7. The zero-order valence-electron chi connectivity index (χ0n) is 16.1. The molecule has 3 aliphatic heterocycles. The predicted octanol–water partition coefficient (Wildman–Crippen LogP) is 3.57. The van der Waals surface area contributed by atoms with Crippen molar-refractivity contribution in [1.82, 2.24) is 9.88 Å². The topological polar surface area (TPSA) is 54.6 Å². The number of esters is 1. The fraction of sp³-hybridized carbons (Fsp3) is 0.500. The average Bonchev–Trinajstić information content (AvgIpc) is 3.06. The van der Waals surface area contributed by atoms with Crippen LogP contribution in [-0.4, -0.2) is 42.2 Å². The molecular formula is C22H26N2O3. The molecular weight excluding hydrogens is 340 g/mol. The second kappa shape index (κ2) is 5.86. The van der Waals surface area contributed by atoms with Gasteiger partial charge in [-0.3, -0.25) is 4.90 Å². The largest absolute Gasteiger partial charge is 0.497 e. The zero-order chi connectivity index (χ0) is 18.8. The maximum absolute atomic E-state index is 12.4. The maximum atomic E-state index is 12.4. The molecule has 3 unspecified atom stereocenters. The monoisotopic (exact) mass is 366 g/mol. The van der Waals surface area contributed by atoms with Crippen LogP contribution < -0.4 is 0 Å². The summed E-state index contributed by atoms with van der Waals surface area (Å²) in [5.41, 5.74) is 4.56. The molecule has 1 fully saturated rings. The molecule has 0 radical (unpaired) electrons. The molecule has 4 heterocycles. The van der Waals surface area contributed by atoms with Crippen molar-refractivity contribution in [3.05, 3.63) is 47.4 Å². The fourth-order valence-electron chi connectivity index (χ4n) is 5.48. The number of ether oxygens (including phenoxy) is 2. The van der Waals surface area contributed by atoms with Gasteiger partial charge in [0, 0.05) is 41.0 Å². The van der Waals surface area contributed by atoms with Crippen LogP contribution in [0.5, 0.6) is 0 Å². The molecule has 0 aliphatic carbocycles. The SMILES string of the molecule is COC(=O)C1=CO[C@H](C)C2(C)CN3CCc4c([nH]c5ccccc45)C3CC12. The summed E-state index contributed by atoms with van der Waals surface area (Å²) in [7, 11) is 1.45. The van der Waals surface area contributed by atoms with E-state index in [9.17, 15) is 4.79 Å². The minimum atomic E-state index is -0.265. The van der Waals surface area contributed by atoms with Crippen molar-refractivity contribution in [1.29, 1.82) is 0 Å². The van der Waals surface area contributed by atoms with Gasteiger partial charge in [-0.25, -0.2) is 4.79 Å². The summed E-state index contributed by atoms with van der Waals surface area (Å²) in [6.45, 7) is 6.35. The number of benzene rings is 1. The van der Waals surface area contributed by atoms with Crippen LogP contribution in [0.2, 0.25) is 0 Å². The molecule has 1 saturated heterocycles. The van der Waals surface area contributed by atoms with Gasteiger partial charge in [-0.15, -0.1) is 0 Å². The van der Waals surface area contributed by atoms with E-state index in [-0.39, 0.29) is 23.4 Å². The van der Waals surface area contributed by atoms with E-state index in [1.54, 1.807) is 6.26 Å². The lowest BCUT2D eigenvalue weighted by Gasteiger charge is -2.55. The number of nitrogens with one attached hydrogen (secondary N) is 1. The van der Waals surface area contributed by atoms with Crippen molar-refractivity contribution in [3.63, 3.8) is 0 Å². The van der Waals surface area contributed by atoms with E-state index < -0.39 is 0 Å². The van der Waals surface area contributed by atoms with E-state index in [2.05, 4.69) is 48.0 Å². The van der Waals surface area contributed by atoms with E-state index in [0.717, 1.165) is 25.9 Å². The lowest BCUT2D eigenvalue weighted by molar-refractivity contribution is -0.142. The Morgan fingerprint density at radius 1 is 1.37 bits per heavy atom. The van der Waals surface area contributed by atoms with Gasteiger partial charge in [0.1, 0.15) is 6.10 Å². The van der Waals surface area contributed by atoms with E-state index in [1.165, 1.54) is 29.3 Å². The highest BCUT2D eigenvalue weighted by molar-refractivity contribution is 5.89. The Hall–Kier alpha value is -2.27. The number of carbonyl (C=O) groups excluding carboxylic acids is 1. The molecule has 0 amide bonds. The second-order valence-corrected chi connectivity index (χ2v) is 8.44.